The first-order valence-corrected chi connectivity index (χ1v) is 9.31. The second-order valence-electron chi connectivity index (χ2n) is 7.58. The van der Waals surface area contributed by atoms with E-state index in [0.29, 0.717) is 24.1 Å². The van der Waals surface area contributed by atoms with Gasteiger partial charge in [0.25, 0.3) is 5.91 Å². The summed E-state index contributed by atoms with van der Waals surface area (Å²) >= 11 is 0. The summed E-state index contributed by atoms with van der Waals surface area (Å²) in [4.78, 5) is 27.0. The molecule has 144 valence electrons. The standard InChI is InChI=1S/C21H27N3O3/c1-21(2,3)27-19(25)8-6-4-5-7-11-23-20(26)17-14-24-18-12-15(13-22)9-10-16(17)18/h9-10,12,14,24H,4-8,11H2,1-3H3,(H,23,26). The van der Waals surface area contributed by atoms with Gasteiger partial charge in [-0.25, -0.2) is 0 Å². The van der Waals surface area contributed by atoms with Gasteiger partial charge in [-0.3, -0.25) is 9.59 Å². The Balaban J connectivity index is 1.67. The number of hydrogen-bond acceptors (Lipinski definition) is 4. The van der Waals surface area contributed by atoms with Crippen LogP contribution < -0.4 is 5.32 Å². The van der Waals surface area contributed by atoms with Crippen LogP contribution in [0.2, 0.25) is 0 Å². The number of ether oxygens (including phenoxy) is 1. The first-order valence-electron chi connectivity index (χ1n) is 9.31. The van der Waals surface area contributed by atoms with E-state index in [2.05, 4.69) is 16.4 Å². The molecule has 0 unspecified atom stereocenters. The Morgan fingerprint density at radius 2 is 1.93 bits per heavy atom. The van der Waals surface area contributed by atoms with Crippen molar-refractivity contribution in [3.05, 3.63) is 35.5 Å². The molecule has 0 aliphatic heterocycles. The minimum atomic E-state index is -0.431. The largest absolute Gasteiger partial charge is 0.460 e. The number of nitrogens with one attached hydrogen (secondary N) is 2. The molecule has 2 aromatic rings. The van der Waals surface area contributed by atoms with Crippen molar-refractivity contribution in [3.63, 3.8) is 0 Å². The van der Waals surface area contributed by atoms with Gasteiger partial charge >= 0.3 is 5.97 Å². The maximum Gasteiger partial charge on any atom is 0.306 e. The van der Waals surface area contributed by atoms with Gasteiger partial charge in [0, 0.05) is 30.1 Å². The van der Waals surface area contributed by atoms with Crippen LogP contribution in [0.25, 0.3) is 10.9 Å². The van der Waals surface area contributed by atoms with Crippen LogP contribution in [0.3, 0.4) is 0 Å². The summed E-state index contributed by atoms with van der Waals surface area (Å²) < 4.78 is 5.27. The van der Waals surface area contributed by atoms with Crippen molar-refractivity contribution in [2.75, 3.05) is 6.54 Å². The number of hydrogen-bond donors (Lipinski definition) is 2. The number of aromatic nitrogens is 1. The van der Waals surface area contributed by atoms with Crippen LogP contribution in [-0.4, -0.2) is 29.0 Å². The summed E-state index contributed by atoms with van der Waals surface area (Å²) in [6, 6.07) is 7.31. The Labute approximate surface area is 159 Å². The highest BCUT2D eigenvalue weighted by Gasteiger charge is 2.15. The Bertz CT molecular complexity index is 840. The fourth-order valence-electron chi connectivity index (χ4n) is 2.82. The van der Waals surface area contributed by atoms with E-state index in [0.717, 1.165) is 36.6 Å². The van der Waals surface area contributed by atoms with Crippen molar-refractivity contribution in [1.29, 1.82) is 5.26 Å². The number of esters is 1. The molecule has 1 aromatic heterocycles. The number of unbranched alkanes of at least 4 members (excludes halogenated alkanes) is 3. The van der Waals surface area contributed by atoms with Crippen LogP contribution in [0.1, 0.15) is 68.8 Å². The lowest BCUT2D eigenvalue weighted by molar-refractivity contribution is -0.154. The van der Waals surface area contributed by atoms with E-state index in [1.54, 1.807) is 24.4 Å². The zero-order valence-corrected chi connectivity index (χ0v) is 16.2. The average molecular weight is 369 g/mol. The van der Waals surface area contributed by atoms with Gasteiger partial charge in [-0.05, 0) is 45.7 Å². The number of fused-ring (bicyclic) bond motifs is 1. The fourth-order valence-corrected chi connectivity index (χ4v) is 2.82. The maximum absolute atomic E-state index is 12.3. The van der Waals surface area contributed by atoms with Crippen LogP contribution in [0, 0.1) is 11.3 Å². The van der Waals surface area contributed by atoms with E-state index in [4.69, 9.17) is 10.00 Å². The Kier molecular flexibility index (Phi) is 7.00. The highest BCUT2D eigenvalue weighted by atomic mass is 16.6. The van der Waals surface area contributed by atoms with E-state index < -0.39 is 5.60 Å². The number of aromatic amines is 1. The molecule has 0 saturated carbocycles. The summed E-state index contributed by atoms with van der Waals surface area (Å²) in [6.45, 7) is 6.19. The third-order valence-electron chi connectivity index (χ3n) is 4.07. The third kappa shape index (κ3) is 6.45. The monoisotopic (exact) mass is 369 g/mol. The summed E-state index contributed by atoms with van der Waals surface area (Å²) in [6.07, 6.45) is 5.64. The lowest BCUT2D eigenvalue weighted by Gasteiger charge is -2.19. The van der Waals surface area contributed by atoms with Gasteiger partial charge in [-0.1, -0.05) is 18.9 Å². The van der Waals surface area contributed by atoms with Gasteiger partial charge < -0.3 is 15.0 Å². The Hall–Kier alpha value is -2.81. The zero-order chi connectivity index (χ0) is 19.9. The van der Waals surface area contributed by atoms with Crippen molar-refractivity contribution in [2.24, 2.45) is 0 Å². The number of nitriles is 1. The molecular formula is C21H27N3O3. The number of nitrogens with zero attached hydrogens (tertiary/aromatic N) is 1. The predicted molar refractivity (Wildman–Crippen MR) is 104 cm³/mol. The number of rotatable bonds is 8. The summed E-state index contributed by atoms with van der Waals surface area (Å²) in [5.74, 6) is -0.283. The first-order chi connectivity index (χ1) is 12.8. The average Bonchev–Trinajstić information content (AvgIpc) is 3.02. The van der Waals surface area contributed by atoms with Crippen molar-refractivity contribution in [2.45, 2.75) is 58.5 Å². The lowest BCUT2D eigenvalue weighted by atomic mass is 10.1. The minimum absolute atomic E-state index is 0.125. The topological polar surface area (TPSA) is 95.0 Å². The molecular weight excluding hydrogens is 342 g/mol. The van der Waals surface area contributed by atoms with Crippen LogP contribution in [0.5, 0.6) is 0 Å². The molecule has 0 aliphatic carbocycles. The molecule has 6 nitrogen and oxygen atoms in total. The van der Waals surface area contributed by atoms with Gasteiger partial charge in [0.2, 0.25) is 0 Å². The SMILES string of the molecule is CC(C)(C)OC(=O)CCCCCCNC(=O)c1c[nH]c2cc(C#N)ccc12. The quantitative estimate of drug-likeness (QED) is 0.542. The van der Waals surface area contributed by atoms with Gasteiger partial charge in [0.1, 0.15) is 5.60 Å². The molecule has 2 rings (SSSR count). The number of H-pyrrole nitrogens is 1. The van der Waals surface area contributed by atoms with Crippen molar-refractivity contribution in [3.8, 4) is 6.07 Å². The van der Waals surface area contributed by atoms with Crippen molar-refractivity contribution < 1.29 is 14.3 Å². The molecule has 2 N–H and O–H groups in total. The molecule has 6 heteroatoms. The highest BCUT2D eigenvalue weighted by molar-refractivity contribution is 6.06. The minimum Gasteiger partial charge on any atom is -0.460 e. The summed E-state index contributed by atoms with van der Waals surface area (Å²) in [7, 11) is 0. The van der Waals surface area contributed by atoms with Crippen LogP contribution >= 0.6 is 0 Å². The normalized spacial score (nSPS) is 11.2. The molecule has 1 amide bonds. The van der Waals surface area contributed by atoms with Gasteiger partial charge in [-0.15, -0.1) is 0 Å². The molecule has 0 spiro atoms. The smallest absolute Gasteiger partial charge is 0.306 e. The van der Waals surface area contributed by atoms with Gasteiger partial charge in [-0.2, -0.15) is 5.26 Å². The van der Waals surface area contributed by atoms with Crippen LogP contribution in [0.15, 0.2) is 24.4 Å². The predicted octanol–water partition coefficient (Wildman–Crippen LogP) is 4.06. The van der Waals surface area contributed by atoms with E-state index in [1.807, 2.05) is 20.8 Å². The maximum atomic E-state index is 12.3. The summed E-state index contributed by atoms with van der Waals surface area (Å²) in [5.41, 5.74) is 1.49. The second kappa shape index (κ2) is 9.22. The molecule has 1 heterocycles. The summed E-state index contributed by atoms with van der Waals surface area (Å²) in [5, 5.41) is 12.7. The van der Waals surface area contributed by atoms with Gasteiger partial charge in [0.15, 0.2) is 0 Å². The number of carbonyl (C=O) groups is 2. The molecule has 0 radical (unpaired) electrons. The van der Waals surface area contributed by atoms with E-state index in [-0.39, 0.29) is 11.9 Å². The van der Waals surface area contributed by atoms with Gasteiger partial charge in [0.05, 0.1) is 17.2 Å². The fraction of sp³-hybridized carbons (Fsp3) is 0.476. The number of carbonyl (C=O) groups excluding carboxylic acids is 2. The van der Waals surface area contributed by atoms with E-state index in [1.165, 1.54) is 0 Å². The zero-order valence-electron chi connectivity index (χ0n) is 16.2. The van der Waals surface area contributed by atoms with Crippen LogP contribution in [-0.2, 0) is 9.53 Å². The lowest BCUT2D eigenvalue weighted by Crippen LogP contribution is -2.24. The Morgan fingerprint density at radius 3 is 2.63 bits per heavy atom. The van der Waals surface area contributed by atoms with Crippen molar-refractivity contribution in [1.82, 2.24) is 10.3 Å². The number of amides is 1. The van der Waals surface area contributed by atoms with Crippen LogP contribution in [0.4, 0.5) is 0 Å². The molecule has 0 aliphatic rings. The number of benzene rings is 1. The molecule has 0 fully saturated rings. The Morgan fingerprint density at radius 1 is 1.19 bits per heavy atom. The molecule has 0 saturated heterocycles. The molecule has 27 heavy (non-hydrogen) atoms. The third-order valence-corrected chi connectivity index (χ3v) is 4.07. The molecule has 0 bridgehead atoms. The second-order valence-corrected chi connectivity index (χ2v) is 7.58. The molecule has 0 atom stereocenters. The molecule has 1 aromatic carbocycles. The first kappa shape index (κ1) is 20.5. The van der Waals surface area contributed by atoms with E-state index in [9.17, 15) is 9.59 Å². The highest BCUT2D eigenvalue weighted by Crippen LogP contribution is 2.19. The van der Waals surface area contributed by atoms with E-state index >= 15 is 0 Å². The van der Waals surface area contributed by atoms with Crippen molar-refractivity contribution >= 4 is 22.8 Å².